The Balaban J connectivity index is 1.60. The van der Waals surface area contributed by atoms with Gasteiger partial charge in [0.15, 0.2) is 6.61 Å². The molecule has 3 aromatic rings. The number of anilines is 1. The molecular weight excluding hydrogens is 586 g/mol. The lowest BCUT2D eigenvalue weighted by atomic mass is 10.0. The fourth-order valence-electron chi connectivity index (χ4n) is 3.73. The summed E-state index contributed by atoms with van der Waals surface area (Å²) in [5.74, 6) is -3.42. The van der Waals surface area contributed by atoms with Crippen molar-refractivity contribution in [2.45, 2.75) is 12.5 Å². The first-order chi connectivity index (χ1) is 17.6. The molecule has 37 heavy (non-hydrogen) atoms. The molecule has 12 heteroatoms. The average Bonchev–Trinajstić information content (AvgIpc) is 3.15. The van der Waals surface area contributed by atoms with Gasteiger partial charge in [0.2, 0.25) is 0 Å². The molecule has 0 aliphatic carbocycles. The van der Waals surface area contributed by atoms with Crippen LogP contribution in [0.5, 0.6) is 0 Å². The Kier molecular flexibility index (Phi) is 8.31. The first kappa shape index (κ1) is 27.2. The second kappa shape index (κ2) is 11.3. The molecule has 3 aromatic carbocycles. The summed E-state index contributed by atoms with van der Waals surface area (Å²) >= 11 is 30.5. The predicted octanol–water partition coefficient (Wildman–Crippen LogP) is 6.34. The van der Waals surface area contributed by atoms with Crippen molar-refractivity contribution in [1.29, 1.82) is 0 Å². The second-order valence-corrected chi connectivity index (χ2v) is 9.80. The summed E-state index contributed by atoms with van der Waals surface area (Å²) in [6.45, 7) is -0.672. The molecule has 0 aromatic heterocycles. The highest BCUT2D eigenvalue weighted by molar-refractivity contribution is 6.55. The molecule has 0 saturated heterocycles. The lowest BCUT2D eigenvalue weighted by Gasteiger charge is -2.24. The van der Waals surface area contributed by atoms with Crippen LogP contribution in [0.2, 0.25) is 25.1 Å². The van der Waals surface area contributed by atoms with Gasteiger partial charge in [-0.1, -0.05) is 88.3 Å². The van der Waals surface area contributed by atoms with E-state index >= 15 is 0 Å². The molecule has 0 saturated carbocycles. The van der Waals surface area contributed by atoms with Gasteiger partial charge in [0, 0.05) is 17.1 Å². The first-order valence-electron chi connectivity index (χ1n) is 10.6. The Morgan fingerprint density at radius 3 is 1.86 bits per heavy atom. The van der Waals surface area contributed by atoms with Crippen molar-refractivity contribution < 1.29 is 23.9 Å². The number of benzene rings is 3. The van der Waals surface area contributed by atoms with Crippen LogP contribution in [-0.2, 0) is 20.7 Å². The molecule has 1 aliphatic rings. The summed E-state index contributed by atoms with van der Waals surface area (Å²) in [5, 5.41) is 2.12. The van der Waals surface area contributed by atoms with E-state index in [1.165, 1.54) is 0 Å². The average molecular weight is 601 g/mol. The molecule has 1 unspecified atom stereocenters. The third-order valence-electron chi connectivity index (χ3n) is 5.46. The molecule has 190 valence electrons. The third-order valence-corrected chi connectivity index (χ3v) is 7.52. The maximum Gasteiger partial charge on any atom is 0.330 e. The summed E-state index contributed by atoms with van der Waals surface area (Å²) < 4.78 is 5.21. The Bertz CT molecular complexity index is 1370. The van der Waals surface area contributed by atoms with Crippen molar-refractivity contribution in [1.82, 2.24) is 4.90 Å². The van der Waals surface area contributed by atoms with Gasteiger partial charge in [-0.2, -0.15) is 0 Å². The van der Waals surface area contributed by atoms with E-state index in [0.29, 0.717) is 21.2 Å². The fourth-order valence-corrected chi connectivity index (χ4v) is 4.87. The summed E-state index contributed by atoms with van der Waals surface area (Å²) in [4.78, 5) is 52.9. The Labute approximate surface area is 236 Å². The minimum absolute atomic E-state index is 0.0966. The Hall–Kier alpha value is -2.81. The minimum Gasteiger partial charge on any atom is -0.454 e. The molecule has 0 spiro atoms. The molecule has 1 atom stereocenters. The summed E-state index contributed by atoms with van der Waals surface area (Å²) in [6.07, 6.45) is -0.0966. The van der Waals surface area contributed by atoms with E-state index in [9.17, 15) is 19.2 Å². The quantitative estimate of drug-likeness (QED) is 0.148. The predicted molar refractivity (Wildman–Crippen MR) is 142 cm³/mol. The number of amides is 3. The highest BCUT2D eigenvalue weighted by Gasteiger charge is 2.47. The highest BCUT2D eigenvalue weighted by Crippen LogP contribution is 2.45. The third kappa shape index (κ3) is 5.56. The van der Waals surface area contributed by atoms with Crippen molar-refractivity contribution >= 4 is 87.4 Å². The van der Waals surface area contributed by atoms with E-state index in [0.717, 1.165) is 0 Å². The van der Waals surface area contributed by atoms with E-state index in [1.807, 2.05) is 0 Å². The zero-order chi connectivity index (χ0) is 26.9. The van der Waals surface area contributed by atoms with Gasteiger partial charge in [0.05, 0.1) is 31.2 Å². The fraction of sp³-hybridized carbons (Fsp3) is 0.120. The van der Waals surface area contributed by atoms with E-state index in [-0.39, 0.29) is 37.6 Å². The molecule has 1 heterocycles. The van der Waals surface area contributed by atoms with Gasteiger partial charge < -0.3 is 10.1 Å². The molecule has 0 radical (unpaired) electrons. The molecule has 0 fully saturated rings. The number of carbonyl (C=O) groups excluding carboxylic acids is 4. The number of ether oxygens (including phenoxy) is 1. The number of hydrogen-bond donors (Lipinski definition) is 1. The number of nitrogens with one attached hydrogen (secondary N) is 1. The van der Waals surface area contributed by atoms with Gasteiger partial charge in [-0.25, -0.2) is 4.79 Å². The number of imide groups is 1. The van der Waals surface area contributed by atoms with Crippen molar-refractivity contribution in [3.63, 3.8) is 0 Å². The van der Waals surface area contributed by atoms with Gasteiger partial charge in [0.25, 0.3) is 17.7 Å². The number of rotatable bonds is 7. The van der Waals surface area contributed by atoms with Gasteiger partial charge in [-0.3, -0.25) is 19.3 Å². The molecular formula is C25H15Cl5N2O5. The first-order valence-corrected chi connectivity index (χ1v) is 12.5. The molecule has 3 amide bonds. The van der Waals surface area contributed by atoms with Gasteiger partial charge in [-0.15, -0.1) is 0 Å². The molecule has 0 bridgehead atoms. The number of nitrogens with zero attached hydrogens (tertiary/aromatic N) is 1. The van der Waals surface area contributed by atoms with E-state index in [1.54, 1.807) is 54.6 Å². The maximum absolute atomic E-state index is 13.3. The normalized spacial score (nSPS) is 13.4. The molecule has 1 aliphatic heterocycles. The minimum atomic E-state index is -1.44. The summed E-state index contributed by atoms with van der Waals surface area (Å²) in [5.41, 5.74) is 0.527. The smallest absolute Gasteiger partial charge is 0.330 e. The van der Waals surface area contributed by atoms with E-state index in [2.05, 4.69) is 5.32 Å². The van der Waals surface area contributed by atoms with Crippen LogP contribution in [-0.4, -0.2) is 41.2 Å². The number of fused-ring (bicyclic) bond motifs is 1. The number of carbonyl (C=O) groups is 4. The van der Waals surface area contributed by atoms with Crippen molar-refractivity contribution in [2.24, 2.45) is 0 Å². The number of halogens is 5. The van der Waals surface area contributed by atoms with Crippen molar-refractivity contribution in [3.05, 3.63) is 96.4 Å². The Morgan fingerprint density at radius 1 is 0.784 bits per heavy atom. The van der Waals surface area contributed by atoms with Crippen LogP contribution in [0.3, 0.4) is 0 Å². The van der Waals surface area contributed by atoms with Crippen molar-refractivity contribution in [2.75, 3.05) is 11.9 Å². The van der Waals surface area contributed by atoms with Crippen LogP contribution in [0.25, 0.3) is 0 Å². The monoisotopic (exact) mass is 598 g/mol. The topological polar surface area (TPSA) is 92.8 Å². The van der Waals surface area contributed by atoms with Crippen LogP contribution in [0.4, 0.5) is 5.69 Å². The van der Waals surface area contributed by atoms with Gasteiger partial charge in [-0.05, 0) is 29.8 Å². The van der Waals surface area contributed by atoms with Crippen LogP contribution >= 0.6 is 58.0 Å². The highest BCUT2D eigenvalue weighted by atomic mass is 35.5. The maximum atomic E-state index is 13.3. The molecule has 1 N–H and O–H groups in total. The van der Waals surface area contributed by atoms with E-state index in [4.69, 9.17) is 62.7 Å². The lowest BCUT2D eigenvalue weighted by molar-refractivity contribution is -0.151. The zero-order valence-electron chi connectivity index (χ0n) is 18.6. The summed E-state index contributed by atoms with van der Waals surface area (Å²) in [7, 11) is 0. The lowest BCUT2D eigenvalue weighted by Crippen LogP contribution is -2.47. The number of esters is 1. The van der Waals surface area contributed by atoms with Crippen molar-refractivity contribution in [3.8, 4) is 0 Å². The van der Waals surface area contributed by atoms with Gasteiger partial charge in [0.1, 0.15) is 6.04 Å². The zero-order valence-corrected chi connectivity index (χ0v) is 22.3. The van der Waals surface area contributed by atoms with E-state index < -0.39 is 36.3 Å². The van der Waals surface area contributed by atoms with Crippen LogP contribution in [0.1, 0.15) is 26.3 Å². The Morgan fingerprint density at radius 2 is 1.32 bits per heavy atom. The SMILES string of the molecule is O=C(COC(=O)C(Cc1ccccc1)N1C(=O)c2c(Cl)c(Cl)c(Cl)c(Cl)c2C1=O)Nc1ccc(Cl)cc1. The van der Waals surface area contributed by atoms with Crippen LogP contribution in [0.15, 0.2) is 54.6 Å². The standard InChI is InChI=1S/C25H15Cl5N2O5/c26-13-6-8-14(9-7-13)31-16(33)11-37-25(36)15(10-12-4-2-1-3-5-12)32-23(34)17-18(24(32)35)20(28)22(30)21(29)19(17)27/h1-9,15H,10-11H2,(H,31,33). The summed E-state index contributed by atoms with van der Waals surface area (Å²) in [6, 6.07) is 13.5. The number of hydrogen-bond acceptors (Lipinski definition) is 5. The van der Waals surface area contributed by atoms with Crippen LogP contribution in [0, 0.1) is 0 Å². The second-order valence-electron chi connectivity index (χ2n) is 7.85. The van der Waals surface area contributed by atoms with Crippen LogP contribution < -0.4 is 5.32 Å². The largest absolute Gasteiger partial charge is 0.454 e. The molecule has 7 nitrogen and oxygen atoms in total. The molecule has 4 rings (SSSR count). The van der Waals surface area contributed by atoms with Gasteiger partial charge >= 0.3 is 5.97 Å².